The van der Waals surface area contributed by atoms with E-state index in [-0.39, 0.29) is 23.6 Å². The van der Waals surface area contributed by atoms with Gasteiger partial charge in [0.1, 0.15) is 5.82 Å². The topological polar surface area (TPSA) is 85.0 Å². The lowest BCUT2D eigenvalue weighted by Crippen LogP contribution is -2.49. The van der Waals surface area contributed by atoms with Gasteiger partial charge in [0, 0.05) is 43.2 Å². The molecule has 26 heavy (non-hydrogen) atoms. The van der Waals surface area contributed by atoms with Gasteiger partial charge >= 0.3 is 0 Å². The first-order valence-electron chi connectivity index (χ1n) is 8.19. The number of hydrogen-bond donors (Lipinski definition) is 1. The molecule has 2 N–H and O–H groups in total. The van der Waals surface area contributed by atoms with Crippen molar-refractivity contribution in [2.24, 2.45) is 0 Å². The molecule has 0 radical (unpaired) electrons. The van der Waals surface area contributed by atoms with Crippen LogP contribution in [0.3, 0.4) is 0 Å². The number of anilines is 1. The van der Waals surface area contributed by atoms with Crippen LogP contribution in [0.4, 0.5) is 10.3 Å². The number of halogens is 1. The van der Waals surface area contributed by atoms with Crippen LogP contribution in [0.2, 0.25) is 0 Å². The predicted octanol–water partition coefficient (Wildman–Crippen LogP) is 2.50. The molecule has 1 aliphatic heterocycles. The third-order valence-corrected chi connectivity index (χ3v) is 4.46. The highest BCUT2D eigenvalue weighted by Crippen LogP contribution is 2.34. The number of pyridine rings is 1. The van der Waals surface area contributed by atoms with Gasteiger partial charge in [-0.2, -0.15) is 0 Å². The van der Waals surface area contributed by atoms with Crippen molar-refractivity contribution in [3.05, 3.63) is 72.1 Å². The lowest BCUT2D eigenvalue weighted by Gasteiger charge is -2.39. The van der Waals surface area contributed by atoms with Crippen LogP contribution in [-0.2, 0) is 0 Å². The van der Waals surface area contributed by atoms with Crippen LogP contribution in [0.15, 0.2) is 55.0 Å². The van der Waals surface area contributed by atoms with Crippen LogP contribution in [0.5, 0.6) is 0 Å². The highest BCUT2D eigenvalue weighted by Gasteiger charge is 2.35. The summed E-state index contributed by atoms with van der Waals surface area (Å²) in [7, 11) is 0. The first kappa shape index (κ1) is 16.1. The van der Waals surface area contributed by atoms with Crippen LogP contribution >= 0.6 is 0 Å². The summed E-state index contributed by atoms with van der Waals surface area (Å²) in [5, 5.41) is 0. The van der Waals surface area contributed by atoms with E-state index in [0.29, 0.717) is 18.7 Å². The number of hydrogen-bond acceptors (Lipinski definition) is 5. The molecule has 4 rings (SSSR count). The number of benzene rings is 1. The molecular formula is C19H16FN5O. The van der Waals surface area contributed by atoms with Gasteiger partial charge in [0.15, 0.2) is 0 Å². The normalized spacial score (nSPS) is 14.1. The first-order chi connectivity index (χ1) is 12.6. The van der Waals surface area contributed by atoms with Crippen molar-refractivity contribution in [1.82, 2.24) is 19.9 Å². The van der Waals surface area contributed by atoms with Crippen LogP contribution in [0.25, 0.3) is 11.1 Å². The van der Waals surface area contributed by atoms with Gasteiger partial charge in [-0.3, -0.25) is 9.78 Å². The molecule has 1 saturated heterocycles. The molecule has 0 spiro atoms. The maximum absolute atomic E-state index is 13.2. The summed E-state index contributed by atoms with van der Waals surface area (Å²) < 4.78 is 13.2. The summed E-state index contributed by atoms with van der Waals surface area (Å²) in [6.45, 7) is 1.08. The zero-order chi connectivity index (χ0) is 18.1. The van der Waals surface area contributed by atoms with E-state index in [9.17, 15) is 9.18 Å². The second-order valence-electron chi connectivity index (χ2n) is 6.18. The Hall–Kier alpha value is -3.35. The van der Waals surface area contributed by atoms with Gasteiger partial charge in [-0.05, 0) is 29.8 Å². The van der Waals surface area contributed by atoms with E-state index >= 15 is 0 Å². The second-order valence-corrected chi connectivity index (χ2v) is 6.18. The predicted molar refractivity (Wildman–Crippen MR) is 94.7 cm³/mol. The molecule has 0 unspecified atom stereocenters. The largest absolute Gasteiger partial charge is 0.368 e. The monoisotopic (exact) mass is 349 g/mol. The Morgan fingerprint density at radius 2 is 1.92 bits per heavy atom. The van der Waals surface area contributed by atoms with Crippen LogP contribution in [-0.4, -0.2) is 38.8 Å². The Kier molecular flexibility index (Phi) is 4.04. The summed E-state index contributed by atoms with van der Waals surface area (Å²) >= 11 is 0. The van der Waals surface area contributed by atoms with Crippen LogP contribution in [0, 0.1) is 5.82 Å². The minimum atomic E-state index is -0.302. The third kappa shape index (κ3) is 2.99. The summed E-state index contributed by atoms with van der Waals surface area (Å²) in [5.41, 5.74) is 8.72. The summed E-state index contributed by atoms with van der Waals surface area (Å²) in [4.78, 5) is 26.6. The molecule has 2 aromatic heterocycles. The molecule has 3 aromatic rings. The number of aromatic nitrogens is 3. The number of carbonyl (C=O) groups excluding carboxylic acids is 1. The highest BCUT2D eigenvalue weighted by atomic mass is 19.1. The third-order valence-electron chi connectivity index (χ3n) is 4.46. The second kappa shape index (κ2) is 6.51. The van der Waals surface area contributed by atoms with Crippen molar-refractivity contribution in [2.45, 2.75) is 5.92 Å². The van der Waals surface area contributed by atoms with Gasteiger partial charge in [-0.15, -0.1) is 0 Å². The van der Waals surface area contributed by atoms with Crippen molar-refractivity contribution in [1.29, 1.82) is 0 Å². The van der Waals surface area contributed by atoms with E-state index in [1.807, 2.05) is 0 Å². The standard InChI is InChI=1S/C19H16FN5O/c20-15-5-3-12(4-6-15)16-9-23-19(21)24-17(16)14-10-25(11-14)18(26)13-2-1-7-22-8-13/h1-9,14H,10-11H2,(H2,21,23,24). The molecular weight excluding hydrogens is 333 g/mol. The number of amides is 1. The first-order valence-corrected chi connectivity index (χ1v) is 8.19. The fourth-order valence-corrected chi connectivity index (χ4v) is 3.06. The fraction of sp³-hybridized carbons (Fsp3) is 0.158. The van der Waals surface area contributed by atoms with Gasteiger partial charge in [0.2, 0.25) is 5.95 Å². The molecule has 0 aliphatic carbocycles. The SMILES string of the molecule is Nc1ncc(-c2ccc(F)cc2)c(C2CN(C(=O)c3cccnc3)C2)n1. The molecule has 1 amide bonds. The summed E-state index contributed by atoms with van der Waals surface area (Å²) in [6, 6.07) is 9.65. The number of nitrogens with zero attached hydrogens (tertiary/aromatic N) is 4. The van der Waals surface area contributed by atoms with E-state index in [2.05, 4.69) is 15.0 Å². The molecule has 1 aliphatic rings. The van der Waals surface area contributed by atoms with Crippen molar-refractivity contribution in [3.8, 4) is 11.1 Å². The minimum Gasteiger partial charge on any atom is -0.368 e. The smallest absolute Gasteiger partial charge is 0.255 e. The van der Waals surface area contributed by atoms with Crippen molar-refractivity contribution in [3.63, 3.8) is 0 Å². The Bertz CT molecular complexity index is 940. The lowest BCUT2D eigenvalue weighted by atomic mass is 9.90. The summed E-state index contributed by atoms with van der Waals surface area (Å²) in [5.74, 6) is -0.118. The Morgan fingerprint density at radius 3 is 2.62 bits per heavy atom. The maximum Gasteiger partial charge on any atom is 0.255 e. The van der Waals surface area contributed by atoms with Crippen LogP contribution in [0.1, 0.15) is 22.0 Å². The molecule has 0 saturated carbocycles. The number of nitrogens with two attached hydrogens (primary N) is 1. The van der Waals surface area contributed by atoms with Gasteiger partial charge in [-0.1, -0.05) is 12.1 Å². The zero-order valence-corrected chi connectivity index (χ0v) is 13.8. The number of carbonyl (C=O) groups is 1. The zero-order valence-electron chi connectivity index (χ0n) is 13.8. The molecule has 0 bridgehead atoms. The molecule has 130 valence electrons. The fourth-order valence-electron chi connectivity index (χ4n) is 3.06. The van der Waals surface area contributed by atoms with E-state index in [1.165, 1.54) is 12.1 Å². The Morgan fingerprint density at radius 1 is 1.15 bits per heavy atom. The molecule has 3 heterocycles. The average Bonchev–Trinajstić information content (AvgIpc) is 2.62. The Balaban J connectivity index is 1.57. The van der Waals surface area contributed by atoms with Crippen molar-refractivity contribution >= 4 is 11.9 Å². The molecule has 7 heteroatoms. The number of nitrogen functional groups attached to an aromatic ring is 1. The van der Waals surface area contributed by atoms with Crippen molar-refractivity contribution in [2.75, 3.05) is 18.8 Å². The summed E-state index contributed by atoms with van der Waals surface area (Å²) in [6.07, 6.45) is 4.84. The number of rotatable bonds is 3. The van der Waals surface area contributed by atoms with E-state index in [4.69, 9.17) is 5.73 Å². The van der Waals surface area contributed by atoms with Crippen molar-refractivity contribution < 1.29 is 9.18 Å². The maximum atomic E-state index is 13.2. The minimum absolute atomic E-state index is 0.0558. The van der Waals surface area contributed by atoms with Gasteiger partial charge in [0.05, 0.1) is 11.3 Å². The highest BCUT2D eigenvalue weighted by molar-refractivity contribution is 5.94. The van der Waals surface area contributed by atoms with E-state index in [1.54, 1.807) is 47.8 Å². The molecule has 1 fully saturated rings. The van der Waals surface area contributed by atoms with E-state index in [0.717, 1.165) is 16.8 Å². The number of likely N-dealkylation sites (tertiary alicyclic amines) is 1. The van der Waals surface area contributed by atoms with Gasteiger partial charge in [-0.25, -0.2) is 14.4 Å². The lowest BCUT2D eigenvalue weighted by molar-refractivity contribution is 0.0599. The van der Waals surface area contributed by atoms with E-state index < -0.39 is 0 Å². The average molecular weight is 349 g/mol. The van der Waals surface area contributed by atoms with Crippen LogP contribution < -0.4 is 5.73 Å². The molecule has 1 aromatic carbocycles. The molecule has 0 atom stereocenters. The quantitative estimate of drug-likeness (QED) is 0.785. The van der Waals surface area contributed by atoms with Gasteiger partial charge in [0.25, 0.3) is 5.91 Å². The van der Waals surface area contributed by atoms with Gasteiger partial charge < -0.3 is 10.6 Å². The molecule has 6 nitrogen and oxygen atoms in total. The Labute approximate surface area is 149 Å².